The van der Waals surface area contributed by atoms with Gasteiger partial charge in [-0.1, -0.05) is 22.9 Å². The fourth-order valence-corrected chi connectivity index (χ4v) is 3.01. The Labute approximate surface area is 159 Å². The highest BCUT2D eigenvalue weighted by Gasteiger charge is 2.16. The molecule has 27 heavy (non-hydrogen) atoms. The molecule has 0 spiro atoms. The maximum atomic E-state index is 14.1. The van der Waals surface area contributed by atoms with Gasteiger partial charge in [-0.25, -0.2) is 19.0 Å². The lowest BCUT2D eigenvalue weighted by atomic mass is 10.2. The SMILES string of the molecule is Cc1nc(NCCc2ccco2)c2nnn(Cc3c(F)cccc3Cl)c2n1. The Balaban J connectivity index is 1.61. The molecule has 0 radical (unpaired) electrons. The summed E-state index contributed by atoms with van der Waals surface area (Å²) in [6.45, 7) is 2.53. The summed E-state index contributed by atoms with van der Waals surface area (Å²) in [5.41, 5.74) is 1.38. The van der Waals surface area contributed by atoms with Crippen LogP contribution in [-0.4, -0.2) is 31.5 Å². The first-order valence-electron chi connectivity index (χ1n) is 8.39. The monoisotopic (exact) mass is 386 g/mol. The number of aryl methyl sites for hydroxylation is 1. The Bertz CT molecular complexity index is 1060. The van der Waals surface area contributed by atoms with E-state index in [1.54, 1.807) is 25.3 Å². The molecule has 0 saturated carbocycles. The van der Waals surface area contributed by atoms with Gasteiger partial charge in [-0.05, 0) is 31.2 Å². The number of halogens is 2. The predicted molar refractivity (Wildman–Crippen MR) is 99.3 cm³/mol. The molecule has 0 unspecified atom stereocenters. The quantitative estimate of drug-likeness (QED) is 0.545. The van der Waals surface area contributed by atoms with Gasteiger partial charge in [-0.3, -0.25) is 0 Å². The number of hydrogen-bond acceptors (Lipinski definition) is 6. The van der Waals surface area contributed by atoms with Crippen LogP contribution >= 0.6 is 11.6 Å². The molecule has 0 atom stereocenters. The Hall–Kier alpha value is -3.00. The molecule has 7 nitrogen and oxygen atoms in total. The number of fused-ring (bicyclic) bond motifs is 1. The van der Waals surface area contributed by atoms with Crippen molar-refractivity contribution < 1.29 is 8.81 Å². The smallest absolute Gasteiger partial charge is 0.184 e. The van der Waals surface area contributed by atoms with E-state index in [0.717, 1.165) is 5.76 Å². The topological polar surface area (TPSA) is 81.7 Å². The fourth-order valence-electron chi connectivity index (χ4n) is 2.79. The zero-order valence-electron chi connectivity index (χ0n) is 14.5. The average Bonchev–Trinajstić information content (AvgIpc) is 3.28. The van der Waals surface area contributed by atoms with Crippen molar-refractivity contribution in [2.24, 2.45) is 0 Å². The number of hydrogen-bond donors (Lipinski definition) is 1. The van der Waals surface area contributed by atoms with Crippen molar-refractivity contribution in [1.82, 2.24) is 25.0 Å². The van der Waals surface area contributed by atoms with E-state index in [0.29, 0.717) is 46.4 Å². The molecular formula is C18H16ClFN6O. The molecule has 4 aromatic rings. The van der Waals surface area contributed by atoms with Crippen LogP contribution in [0.5, 0.6) is 0 Å². The number of aromatic nitrogens is 5. The fraction of sp³-hybridized carbons (Fsp3) is 0.222. The summed E-state index contributed by atoms with van der Waals surface area (Å²) in [4.78, 5) is 8.82. The second kappa shape index (κ2) is 7.32. The van der Waals surface area contributed by atoms with Crippen molar-refractivity contribution in [3.8, 4) is 0 Å². The highest BCUT2D eigenvalue weighted by atomic mass is 35.5. The van der Waals surface area contributed by atoms with Crippen LogP contribution < -0.4 is 5.32 Å². The van der Waals surface area contributed by atoms with Gasteiger partial charge in [0.15, 0.2) is 17.0 Å². The van der Waals surface area contributed by atoms with E-state index in [1.165, 1.54) is 10.7 Å². The molecule has 0 aliphatic carbocycles. The Morgan fingerprint density at radius 1 is 1.22 bits per heavy atom. The van der Waals surface area contributed by atoms with Crippen molar-refractivity contribution >= 4 is 28.6 Å². The lowest BCUT2D eigenvalue weighted by Gasteiger charge is -2.08. The van der Waals surface area contributed by atoms with Crippen molar-refractivity contribution in [3.05, 3.63) is 64.6 Å². The van der Waals surface area contributed by atoms with E-state index in [2.05, 4.69) is 25.6 Å². The van der Waals surface area contributed by atoms with Gasteiger partial charge in [0.25, 0.3) is 0 Å². The lowest BCUT2D eigenvalue weighted by Crippen LogP contribution is -2.09. The summed E-state index contributed by atoms with van der Waals surface area (Å²) < 4.78 is 20.9. The molecule has 0 bridgehead atoms. The lowest BCUT2D eigenvalue weighted by molar-refractivity contribution is 0.513. The molecule has 0 amide bonds. The van der Waals surface area contributed by atoms with Crippen LogP contribution in [0.1, 0.15) is 17.1 Å². The van der Waals surface area contributed by atoms with E-state index < -0.39 is 5.82 Å². The van der Waals surface area contributed by atoms with Gasteiger partial charge in [0.2, 0.25) is 0 Å². The van der Waals surface area contributed by atoms with Gasteiger partial charge in [0, 0.05) is 23.6 Å². The zero-order chi connectivity index (χ0) is 18.8. The van der Waals surface area contributed by atoms with Gasteiger partial charge in [0.1, 0.15) is 17.4 Å². The third kappa shape index (κ3) is 3.61. The molecule has 3 heterocycles. The summed E-state index contributed by atoms with van der Waals surface area (Å²) in [5.74, 6) is 1.62. The van der Waals surface area contributed by atoms with Crippen LogP contribution in [0.4, 0.5) is 10.2 Å². The molecule has 0 aliphatic heterocycles. The molecule has 138 valence electrons. The number of nitrogens with zero attached hydrogens (tertiary/aromatic N) is 5. The summed E-state index contributed by atoms with van der Waals surface area (Å²) in [5, 5.41) is 11.9. The second-order valence-corrected chi connectivity index (χ2v) is 6.40. The second-order valence-electron chi connectivity index (χ2n) is 6.00. The molecule has 3 aromatic heterocycles. The first-order chi connectivity index (χ1) is 13.1. The van der Waals surface area contributed by atoms with Crippen LogP contribution in [-0.2, 0) is 13.0 Å². The maximum Gasteiger partial charge on any atom is 0.184 e. The molecule has 9 heteroatoms. The minimum absolute atomic E-state index is 0.129. The largest absolute Gasteiger partial charge is 0.469 e. The molecule has 0 saturated heterocycles. The molecule has 0 aliphatic rings. The third-order valence-electron chi connectivity index (χ3n) is 4.09. The minimum Gasteiger partial charge on any atom is -0.469 e. The number of nitrogens with one attached hydrogen (secondary N) is 1. The van der Waals surface area contributed by atoms with Gasteiger partial charge >= 0.3 is 0 Å². The van der Waals surface area contributed by atoms with Crippen molar-refractivity contribution in [2.45, 2.75) is 19.9 Å². The summed E-state index contributed by atoms with van der Waals surface area (Å²) >= 11 is 6.12. The van der Waals surface area contributed by atoms with Gasteiger partial charge < -0.3 is 9.73 Å². The molecular weight excluding hydrogens is 371 g/mol. The van der Waals surface area contributed by atoms with Gasteiger partial charge in [0.05, 0.1) is 12.8 Å². The maximum absolute atomic E-state index is 14.1. The summed E-state index contributed by atoms with van der Waals surface area (Å²) in [6.07, 6.45) is 2.35. The predicted octanol–water partition coefficient (Wildman–Crippen LogP) is 3.62. The Kier molecular flexibility index (Phi) is 4.72. The van der Waals surface area contributed by atoms with E-state index >= 15 is 0 Å². The molecule has 0 fully saturated rings. The van der Waals surface area contributed by atoms with E-state index in [1.807, 2.05) is 12.1 Å². The van der Waals surface area contributed by atoms with Crippen LogP contribution in [0.2, 0.25) is 5.02 Å². The Morgan fingerprint density at radius 2 is 2.11 bits per heavy atom. The van der Waals surface area contributed by atoms with Crippen molar-refractivity contribution in [3.63, 3.8) is 0 Å². The standard InChI is InChI=1S/C18H16ClFN6O/c1-11-22-17(21-8-7-12-4-3-9-27-12)16-18(23-11)26(25-24-16)10-13-14(19)5-2-6-15(13)20/h2-6,9H,7-8,10H2,1H3,(H,21,22,23). The van der Waals surface area contributed by atoms with Gasteiger partial charge in [-0.2, -0.15) is 0 Å². The van der Waals surface area contributed by atoms with Crippen LogP contribution in [0.3, 0.4) is 0 Å². The van der Waals surface area contributed by atoms with Crippen molar-refractivity contribution in [1.29, 1.82) is 0 Å². The average molecular weight is 387 g/mol. The first-order valence-corrected chi connectivity index (χ1v) is 8.76. The normalized spacial score (nSPS) is 11.2. The number of furan rings is 1. The molecule has 1 N–H and O–H groups in total. The molecule has 4 rings (SSSR count). The van der Waals surface area contributed by atoms with E-state index in [4.69, 9.17) is 16.0 Å². The highest BCUT2D eigenvalue weighted by Crippen LogP contribution is 2.23. The minimum atomic E-state index is -0.395. The van der Waals surface area contributed by atoms with Crippen LogP contribution in [0.25, 0.3) is 11.2 Å². The van der Waals surface area contributed by atoms with E-state index in [-0.39, 0.29) is 6.54 Å². The van der Waals surface area contributed by atoms with E-state index in [9.17, 15) is 4.39 Å². The van der Waals surface area contributed by atoms with Crippen molar-refractivity contribution in [2.75, 3.05) is 11.9 Å². The van der Waals surface area contributed by atoms with Crippen LogP contribution in [0.15, 0.2) is 41.0 Å². The van der Waals surface area contributed by atoms with Gasteiger partial charge in [-0.15, -0.1) is 5.10 Å². The van der Waals surface area contributed by atoms with Crippen LogP contribution in [0, 0.1) is 12.7 Å². The third-order valence-corrected chi connectivity index (χ3v) is 4.44. The number of anilines is 1. The Morgan fingerprint density at radius 3 is 2.89 bits per heavy atom. The first kappa shape index (κ1) is 17.4. The number of benzene rings is 1. The highest BCUT2D eigenvalue weighted by molar-refractivity contribution is 6.31. The molecule has 1 aromatic carbocycles. The zero-order valence-corrected chi connectivity index (χ0v) is 15.2. The number of rotatable bonds is 6. The summed E-state index contributed by atoms with van der Waals surface area (Å²) in [6, 6.07) is 8.33. The summed E-state index contributed by atoms with van der Waals surface area (Å²) in [7, 11) is 0.